The second-order valence-corrected chi connectivity index (χ2v) is 6.76. The summed E-state index contributed by atoms with van der Waals surface area (Å²) < 4.78 is 0. The number of non-ortho nitro benzene ring substituents is 1. The lowest BCUT2D eigenvalue weighted by Crippen LogP contribution is -2.32. The Kier molecular flexibility index (Phi) is 5.87. The Bertz CT molecular complexity index is 776. The maximum atomic E-state index is 11.9. The number of nitro groups is 2. The molecule has 0 amide bonds. The van der Waals surface area contributed by atoms with E-state index in [1.54, 1.807) is 0 Å². The van der Waals surface area contributed by atoms with Crippen molar-refractivity contribution in [2.45, 2.75) is 30.0 Å². The van der Waals surface area contributed by atoms with Crippen LogP contribution in [0.25, 0.3) is 0 Å². The van der Waals surface area contributed by atoms with Crippen molar-refractivity contribution in [2.24, 2.45) is 0 Å². The van der Waals surface area contributed by atoms with Gasteiger partial charge in [-0.25, -0.2) is 0 Å². The van der Waals surface area contributed by atoms with Crippen LogP contribution in [0.4, 0.5) is 5.69 Å². The average Bonchev–Trinajstić information content (AvgIpc) is 2.55. The van der Waals surface area contributed by atoms with E-state index in [0.717, 1.165) is 10.5 Å². The van der Waals surface area contributed by atoms with Gasteiger partial charge in [-0.1, -0.05) is 29.8 Å². The van der Waals surface area contributed by atoms with Gasteiger partial charge in [0.15, 0.2) is 0 Å². The second-order valence-electron chi connectivity index (χ2n) is 5.54. The van der Waals surface area contributed by atoms with Gasteiger partial charge in [0.1, 0.15) is 5.25 Å². The summed E-state index contributed by atoms with van der Waals surface area (Å²) in [6.45, 7) is 3.11. The van der Waals surface area contributed by atoms with Gasteiger partial charge in [0.2, 0.25) is 5.78 Å². The van der Waals surface area contributed by atoms with Gasteiger partial charge in [0.25, 0.3) is 11.7 Å². The van der Waals surface area contributed by atoms with Crippen LogP contribution in [0.5, 0.6) is 0 Å². The fourth-order valence-electron chi connectivity index (χ4n) is 2.34. The quantitative estimate of drug-likeness (QED) is 0.420. The summed E-state index contributed by atoms with van der Waals surface area (Å²) in [6.07, 6.45) is 0. The molecule has 130 valence electrons. The molecule has 0 aliphatic heterocycles. The summed E-state index contributed by atoms with van der Waals surface area (Å²) in [7, 11) is 0. The maximum Gasteiger partial charge on any atom is 0.285 e. The molecule has 2 unspecified atom stereocenters. The van der Waals surface area contributed by atoms with Gasteiger partial charge in [-0.15, -0.1) is 11.8 Å². The van der Waals surface area contributed by atoms with Gasteiger partial charge in [0.05, 0.1) is 4.92 Å². The van der Waals surface area contributed by atoms with Gasteiger partial charge in [-0.3, -0.25) is 25.0 Å². The van der Waals surface area contributed by atoms with E-state index in [1.807, 2.05) is 31.2 Å². The standard InChI is InChI=1S/C17H16N2O5S/c1-11-3-9-15(10-4-11)25-17(16(12(2)20)19(23)24)13-5-7-14(8-6-13)18(21)22/h3-10,16-17H,1-2H3. The van der Waals surface area contributed by atoms with Gasteiger partial charge in [0, 0.05) is 28.9 Å². The lowest BCUT2D eigenvalue weighted by atomic mass is 10.0. The molecule has 0 N–H and O–H groups in total. The molecule has 0 radical (unpaired) electrons. The number of nitro benzene ring substituents is 1. The van der Waals surface area contributed by atoms with E-state index in [2.05, 4.69) is 0 Å². The Morgan fingerprint density at radius 3 is 2.00 bits per heavy atom. The van der Waals surface area contributed by atoms with Crippen molar-refractivity contribution >= 4 is 23.2 Å². The van der Waals surface area contributed by atoms with Gasteiger partial charge in [-0.2, -0.15) is 0 Å². The van der Waals surface area contributed by atoms with E-state index >= 15 is 0 Å². The molecule has 0 spiro atoms. The number of thioether (sulfide) groups is 1. The van der Waals surface area contributed by atoms with Gasteiger partial charge >= 0.3 is 0 Å². The Balaban J connectivity index is 2.43. The highest BCUT2D eigenvalue weighted by Gasteiger charge is 2.38. The second kappa shape index (κ2) is 7.89. The molecule has 0 aromatic heterocycles. The highest BCUT2D eigenvalue weighted by atomic mass is 32.2. The van der Waals surface area contributed by atoms with Crippen molar-refractivity contribution in [3.63, 3.8) is 0 Å². The first-order valence-corrected chi connectivity index (χ1v) is 8.29. The summed E-state index contributed by atoms with van der Waals surface area (Å²) in [5.41, 5.74) is 1.44. The van der Waals surface area contributed by atoms with E-state index < -0.39 is 26.9 Å². The zero-order valence-electron chi connectivity index (χ0n) is 13.6. The molecule has 2 aromatic rings. The molecule has 25 heavy (non-hydrogen) atoms. The van der Waals surface area contributed by atoms with Crippen LogP contribution in [0.3, 0.4) is 0 Å². The molecule has 0 fully saturated rings. The molecule has 0 saturated heterocycles. The highest BCUT2D eigenvalue weighted by molar-refractivity contribution is 7.99. The van der Waals surface area contributed by atoms with E-state index in [4.69, 9.17) is 0 Å². The van der Waals surface area contributed by atoms with Crippen LogP contribution in [-0.4, -0.2) is 21.7 Å². The molecule has 0 aliphatic carbocycles. The highest BCUT2D eigenvalue weighted by Crippen LogP contribution is 2.39. The van der Waals surface area contributed by atoms with Crippen LogP contribution < -0.4 is 0 Å². The first kappa shape index (κ1) is 18.6. The zero-order valence-corrected chi connectivity index (χ0v) is 14.4. The predicted molar refractivity (Wildman–Crippen MR) is 94.3 cm³/mol. The molecule has 0 aliphatic rings. The monoisotopic (exact) mass is 360 g/mol. The summed E-state index contributed by atoms with van der Waals surface area (Å²) in [4.78, 5) is 33.7. The molecule has 2 atom stereocenters. The van der Waals surface area contributed by atoms with Crippen LogP contribution >= 0.6 is 11.8 Å². The third kappa shape index (κ3) is 4.63. The molecule has 8 heteroatoms. The van der Waals surface area contributed by atoms with Gasteiger partial charge in [-0.05, 0) is 24.6 Å². The number of carbonyl (C=O) groups excluding carboxylic acids is 1. The number of Topliss-reactive ketones (excluding diaryl/α,β-unsaturated/α-hetero) is 1. The number of nitrogens with zero attached hydrogens (tertiary/aromatic N) is 2. The van der Waals surface area contributed by atoms with Crippen LogP contribution in [0.1, 0.15) is 23.3 Å². The molecular formula is C17H16N2O5S. The number of hydrogen-bond donors (Lipinski definition) is 0. The first-order valence-electron chi connectivity index (χ1n) is 7.41. The fourth-order valence-corrected chi connectivity index (χ4v) is 3.64. The number of hydrogen-bond acceptors (Lipinski definition) is 6. The Hall–Kier alpha value is -2.74. The predicted octanol–water partition coefficient (Wildman–Crippen LogP) is 3.97. The smallest absolute Gasteiger partial charge is 0.285 e. The molecule has 0 bridgehead atoms. The van der Waals surface area contributed by atoms with Crippen LogP contribution in [0, 0.1) is 27.2 Å². The SMILES string of the molecule is CC(=O)C(C(Sc1ccc(C)cc1)c1ccc([N+](=O)[O-])cc1)[N+](=O)[O-]. The van der Waals surface area contributed by atoms with Crippen molar-refractivity contribution in [3.05, 3.63) is 79.9 Å². The summed E-state index contributed by atoms with van der Waals surface area (Å²) >= 11 is 1.20. The minimum absolute atomic E-state index is 0.108. The lowest BCUT2D eigenvalue weighted by molar-refractivity contribution is -0.507. The molecule has 0 saturated carbocycles. The maximum absolute atomic E-state index is 11.9. The molecule has 2 rings (SSSR count). The fraction of sp³-hybridized carbons (Fsp3) is 0.235. The molecule has 0 heterocycles. The van der Waals surface area contributed by atoms with Crippen LogP contribution in [0.2, 0.25) is 0 Å². The minimum Gasteiger partial charge on any atom is -0.292 e. The van der Waals surface area contributed by atoms with Crippen LogP contribution in [0.15, 0.2) is 53.4 Å². The normalized spacial score (nSPS) is 13.0. The number of carbonyl (C=O) groups is 1. The van der Waals surface area contributed by atoms with E-state index in [9.17, 15) is 25.0 Å². The van der Waals surface area contributed by atoms with Crippen molar-refractivity contribution in [1.82, 2.24) is 0 Å². The van der Waals surface area contributed by atoms with Crippen molar-refractivity contribution in [3.8, 4) is 0 Å². The van der Waals surface area contributed by atoms with E-state index in [0.29, 0.717) is 5.56 Å². The van der Waals surface area contributed by atoms with Crippen molar-refractivity contribution in [2.75, 3.05) is 0 Å². The van der Waals surface area contributed by atoms with E-state index in [1.165, 1.54) is 43.0 Å². The van der Waals surface area contributed by atoms with E-state index in [-0.39, 0.29) is 5.69 Å². The summed E-state index contributed by atoms with van der Waals surface area (Å²) in [5.74, 6) is -0.562. The van der Waals surface area contributed by atoms with Crippen molar-refractivity contribution < 1.29 is 14.6 Å². The Morgan fingerprint density at radius 1 is 1.00 bits per heavy atom. The largest absolute Gasteiger partial charge is 0.292 e. The molecular weight excluding hydrogens is 344 g/mol. The third-order valence-corrected chi connectivity index (χ3v) is 4.98. The lowest BCUT2D eigenvalue weighted by Gasteiger charge is -2.19. The summed E-state index contributed by atoms with van der Waals surface area (Å²) in [6, 6.07) is 11.5. The Labute approximate surface area is 148 Å². The molecule has 7 nitrogen and oxygen atoms in total. The first-order chi connectivity index (χ1) is 11.8. The number of aryl methyl sites for hydroxylation is 1. The summed E-state index contributed by atoms with van der Waals surface area (Å²) in [5, 5.41) is 21.5. The third-order valence-electron chi connectivity index (χ3n) is 3.65. The number of benzene rings is 2. The minimum atomic E-state index is -1.44. The van der Waals surface area contributed by atoms with Crippen molar-refractivity contribution in [1.29, 1.82) is 0 Å². The number of rotatable bonds is 7. The Morgan fingerprint density at radius 2 is 1.56 bits per heavy atom. The van der Waals surface area contributed by atoms with Gasteiger partial charge < -0.3 is 0 Å². The number of ketones is 1. The molecule has 2 aromatic carbocycles. The van der Waals surface area contributed by atoms with Crippen LogP contribution in [-0.2, 0) is 4.79 Å². The zero-order chi connectivity index (χ0) is 18.6. The topological polar surface area (TPSA) is 103 Å². The average molecular weight is 360 g/mol.